The van der Waals surface area contributed by atoms with Crippen LogP contribution in [0.15, 0.2) is 53.1 Å². The van der Waals surface area contributed by atoms with E-state index in [1.54, 1.807) is 0 Å². The van der Waals surface area contributed by atoms with Gasteiger partial charge in [-0.25, -0.2) is 9.78 Å². The number of anilines is 2. The molecule has 4 aromatic rings. The molecule has 10 nitrogen and oxygen atoms in total. The second-order valence-corrected chi connectivity index (χ2v) is 10.3. The van der Waals surface area contributed by atoms with Gasteiger partial charge in [-0.05, 0) is 44.0 Å². The number of carbonyl (C=O) groups excluding carboxylic acids is 1. The quantitative estimate of drug-likeness (QED) is 0.399. The average molecular weight is 542 g/mol. The molecular weight excluding hydrogens is 506 g/mol. The van der Waals surface area contributed by atoms with Gasteiger partial charge in [-0.15, -0.1) is 0 Å². The fraction of sp³-hybridized carbons (Fsp3) is 0.400. The molecule has 0 radical (unpaired) electrons. The molecule has 0 bridgehead atoms. The molecule has 2 saturated heterocycles. The molecule has 0 saturated carbocycles. The van der Waals surface area contributed by atoms with E-state index in [0.29, 0.717) is 58.4 Å². The number of nitrogens with one attached hydrogen (secondary N) is 1. The van der Waals surface area contributed by atoms with E-state index in [2.05, 4.69) is 62.7 Å². The van der Waals surface area contributed by atoms with Crippen LogP contribution in [0.4, 0.5) is 16.6 Å². The van der Waals surface area contributed by atoms with Gasteiger partial charge in [0.15, 0.2) is 0 Å². The molecule has 2 aliphatic rings. The van der Waals surface area contributed by atoms with Crippen LogP contribution in [-0.2, 0) is 4.74 Å². The van der Waals surface area contributed by atoms with Gasteiger partial charge >= 0.3 is 6.03 Å². The minimum Gasteiger partial charge on any atom is -0.377 e. The van der Waals surface area contributed by atoms with Crippen molar-refractivity contribution in [1.82, 2.24) is 25.3 Å². The van der Waals surface area contributed by atoms with Gasteiger partial charge < -0.3 is 29.3 Å². The number of carbonyl (C=O) groups is 1. The zero-order valence-corrected chi connectivity index (χ0v) is 23.3. The predicted octanol–water partition coefficient (Wildman–Crippen LogP) is 4.33. The lowest BCUT2D eigenvalue weighted by molar-refractivity contribution is 0.0939. The summed E-state index contributed by atoms with van der Waals surface area (Å²) in [7, 11) is 0. The van der Waals surface area contributed by atoms with Gasteiger partial charge in [0.2, 0.25) is 5.95 Å². The Balaban J connectivity index is 1.43. The predicted molar refractivity (Wildman–Crippen MR) is 155 cm³/mol. The number of fused-ring (bicyclic) bond motifs is 1. The SMILES string of the molecule is CCNC(=O)N1CCN(c2nc(N3CCOCC3c3ccccc3)c3cc(-c4c(C)noc4C)ccc3n2)CC1. The fourth-order valence-corrected chi connectivity index (χ4v) is 5.69. The Morgan fingerprint density at radius 3 is 2.55 bits per heavy atom. The van der Waals surface area contributed by atoms with Crippen molar-refractivity contribution >= 4 is 28.7 Å². The number of nitrogens with zero attached hydrogens (tertiary/aromatic N) is 6. The van der Waals surface area contributed by atoms with Crippen molar-refractivity contribution in [3.8, 4) is 11.1 Å². The largest absolute Gasteiger partial charge is 0.377 e. The van der Waals surface area contributed by atoms with Gasteiger partial charge in [0, 0.05) is 50.2 Å². The number of aromatic nitrogens is 3. The Bertz CT molecular complexity index is 1480. The molecule has 208 valence electrons. The normalized spacial score (nSPS) is 17.9. The van der Waals surface area contributed by atoms with Gasteiger partial charge in [-0.1, -0.05) is 41.6 Å². The molecule has 40 heavy (non-hydrogen) atoms. The van der Waals surface area contributed by atoms with Gasteiger partial charge in [0.1, 0.15) is 11.6 Å². The third-order valence-electron chi connectivity index (χ3n) is 7.75. The van der Waals surface area contributed by atoms with Crippen LogP contribution in [0.25, 0.3) is 22.0 Å². The summed E-state index contributed by atoms with van der Waals surface area (Å²) in [5.41, 5.74) is 4.95. The van der Waals surface area contributed by atoms with Crippen molar-refractivity contribution in [3.63, 3.8) is 0 Å². The Morgan fingerprint density at radius 2 is 1.82 bits per heavy atom. The lowest BCUT2D eigenvalue weighted by atomic mass is 10.0. The maximum atomic E-state index is 12.4. The van der Waals surface area contributed by atoms with Crippen LogP contribution in [0.5, 0.6) is 0 Å². The number of benzene rings is 2. The van der Waals surface area contributed by atoms with Crippen molar-refractivity contribution in [2.75, 3.05) is 62.3 Å². The molecule has 2 aromatic heterocycles. The monoisotopic (exact) mass is 541 g/mol. The van der Waals surface area contributed by atoms with Crippen molar-refractivity contribution in [1.29, 1.82) is 0 Å². The molecule has 4 heterocycles. The summed E-state index contributed by atoms with van der Waals surface area (Å²) >= 11 is 0. The van der Waals surface area contributed by atoms with E-state index in [4.69, 9.17) is 19.2 Å². The van der Waals surface area contributed by atoms with Crippen LogP contribution in [0.1, 0.15) is 30.0 Å². The summed E-state index contributed by atoms with van der Waals surface area (Å²) in [5, 5.41) is 8.05. The number of morpholine rings is 1. The van der Waals surface area contributed by atoms with Crippen LogP contribution in [0.2, 0.25) is 0 Å². The third kappa shape index (κ3) is 4.95. The first-order valence-electron chi connectivity index (χ1n) is 14.0. The molecule has 10 heteroatoms. The second kappa shape index (κ2) is 11.1. The topological polar surface area (TPSA) is 99.9 Å². The van der Waals surface area contributed by atoms with Crippen LogP contribution in [0.3, 0.4) is 0 Å². The standard InChI is InChI=1S/C30H35N7O3/c1-4-31-30(38)36-14-12-35(13-15-36)29-32-25-11-10-23(27-20(2)34-40-21(27)3)18-24(25)28(33-29)37-16-17-39-19-26(37)22-8-6-5-7-9-22/h5-11,18,26H,4,12-17,19H2,1-3H3,(H,31,38). The molecule has 1 atom stereocenters. The molecule has 1 unspecified atom stereocenters. The Hall–Kier alpha value is -4.18. The number of ether oxygens (including phenoxy) is 1. The lowest BCUT2D eigenvalue weighted by Crippen LogP contribution is -2.52. The van der Waals surface area contributed by atoms with Crippen molar-refractivity contribution < 1.29 is 14.1 Å². The number of hydrogen-bond acceptors (Lipinski definition) is 8. The van der Waals surface area contributed by atoms with Crippen molar-refractivity contribution in [2.24, 2.45) is 0 Å². The summed E-state index contributed by atoms with van der Waals surface area (Å²) in [4.78, 5) is 29.0. The molecule has 2 aromatic carbocycles. The van der Waals surface area contributed by atoms with E-state index in [-0.39, 0.29) is 12.1 Å². The van der Waals surface area contributed by atoms with E-state index in [1.807, 2.05) is 31.7 Å². The molecule has 0 aliphatic carbocycles. The number of piperazine rings is 1. The number of hydrogen-bond donors (Lipinski definition) is 1. The minimum absolute atomic E-state index is 0.0202. The number of amides is 2. The molecule has 2 fully saturated rings. The van der Waals surface area contributed by atoms with Crippen molar-refractivity contribution in [3.05, 3.63) is 65.5 Å². The van der Waals surface area contributed by atoms with Crippen LogP contribution in [-0.4, -0.2) is 78.5 Å². The first-order valence-corrected chi connectivity index (χ1v) is 14.0. The fourth-order valence-electron chi connectivity index (χ4n) is 5.69. The molecule has 6 rings (SSSR count). The second-order valence-electron chi connectivity index (χ2n) is 10.3. The van der Waals surface area contributed by atoms with E-state index in [0.717, 1.165) is 39.3 Å². The summed E-state index contributed by atoms with van der Waals surface area (Å²) in [6.45, 7) is 11.0. The summed E-state index contributed by atoms with van der Waals surface area (Å²) < 4.78 is 11.4. The molecule has 2 amide bonds. The maximum absolute atomic E-state index is 12.4. The van der Waals surface area contributed by atoms with Gasteiger partial charge in [0.05, 0.1) is 30.5 Å². The number of urea groups is 1. The Labute approximate surface area is 233 Å². The highest BCUT2D eigenvalue weighted by atomic mass is 16.5. The maximum Gasteiger partial charge on any atom is 0.317 e. The highest BCUT2D eigenvalue weighted by Crippen LogP contribution is 2.37. The van der Waals surface area contributed by atoms with Gasteiger partial charge in [-0.2, -0.15) is 4.98 Å². The van der Waals surface area contributed by atoms with Gasteiger partial charge in [-0.3, -0.25) is 0 Å². The third-order valence-corrected chi connectivity index (χ3v) is 7.75. The highest BCUT2D eigenvalue weighted by Gasteiger charge is 2.30. The number of aryl methyl sites for hydroxylation is 2. The molecule has 2 aliphatic heterocycles. The molecule has 0 spiro atoms. The lowest BCUT2D eigenvalue weighted by Gasteiger charge is -2.38. The first-order chi connectivity index (χ1) is 19.5. The van der Waals surface area contributed by atoms with Gasteiger partial charge in [0.25, 0.3) is 0 Å². The van der Waals surface area contributed by atoms with Crippen LogP contribution in [0, 0.1) is 13.8 Å². The van der Waals surface area contributed by atoms with E-state index >= 15 is 0 Å². The summed E-state index contributed by atoms with van der Waals surface area (Å²) in [6.07, 6.45) is 0. The van der Waals surface area contributed by atoms with E-state index in [9.17, 15) is 4.79 Å². The summed E-state index contributed by atoms with van der Waals surface area (Å²) in [5.74, 6) is 2.35. The Morgan fingerprint density at radius 1 is 1.02 bits per heavy atom. The van der Waals surface area contributed by atoms with Crippen LogP contribution < -0.4 is 15.1 Å². The zero-order valence-electron chi connectivity index (χ0n) is 23.3. The summed E-state index contributed by atoms with van der Waals surface area (Å²) in [6, 6.07) is 16.8. The van der Waals surface area contributed by atoms with E-state index < -0.39 is 0 Å². The minimum atomic E-state index is -0.0202. The van der Waals surface area contributed by atoms with E-state index in [1.165, 1.54) is 5.56 Å². The molecular formula is C30H35N7O3. The highest BCUT2D eigenvalue weighted by molar-refractivity contribution is 5.94. The molecule has 1 N–H and O–H groups in total. The number of rotatable bonds is 5. The van der Waals surface area contributed by atoms with Crippen LogP contribution >= 0.6 is 0 Å². The smallest absolute Gasteiger partial charge is 0.317 e. The first kappa shape index (κ1) is 26.1. The average Bonchev–Trinajstić information content (AvgIpc) is 3.34. The zero-order chi connectivity index (χ0) is 27.6. The van der Waals surface area contributed by atoms with Crippen molar-refractivity contribution in [2.45, 2.75) is 26.8 Å². The Kier molecular flexibility index (Phi) is 7.25.